The molecule has 2 aliphatic rings. The van der Waals surface area contributed by atoms with Crippen LogP contribution in [0.1, 0.15) is 32.1 Å². The molecule has 1 amide bonds. The Labute approximate surface area is 139 Å². The van der Waals surface area contributed by atoms with Crippen LogP contribution >= 0.6 is 0 Å². The van der Waals surface area contributed by atoms with Crippen molar-refractivity contribution in [3.05, 3.63) is 0 Å². The summed E-state index contributed by atoms with van der Waals surface area (Å²) in [5, 5.41) is 27.6. The number of amides is 1. The number of nitrogens with one attached hydrogen (secondary N) is 1. The molecule has 2 rings (SSSR count). The van der Waals surface area contributed by atoms with Crippen molar-refractivity contribution in [2.45, 2.75) is 38.1 Å². The molecule has 9 nitrogen and oxygen atoms in total. The average molecular weight is 344 g/mol. The van der Waals surface area contributed by atoms with Crippen molar-refractivity contribution in [1.82, 2.24) is 10.2 Å². The van der Waals surface area contributed by atoms with Crippen molar-refractivity contribution in [2.24, 2.45) is 11.8 Å². The topological polar surface area (TPSA) is 144 Å². The standard InChI is InChI=1S/C14H22N2O5.CH2O2/c17-12(18)8-16-5-3-11(4-6-16)15-13(19)9-1-2-10(7-9)14(20)21;2-1-3/h9-11H,1-8H2,(H,15,19)(H,17,18)(H,20,21);1H,(H,2,3)/t9-,10+;/m0./s1. The van der Waals surface area contributed by atoms with Gasteiger partial charge in [0.15, 0.2) is 0 Å². The number of likely N-dealkylation sites (tertiary alicyclic amines) is 1. The van der Waals surface area contributed by atoms with Crippen LogP contribution in [-0.2, 0) is 19.2 Å². The molecular formula is C15H24N2O7. The molecule has 0 unspecified atom stereocenters. The Hall–Kier alpha value is -2.16. The number of hydrogen-bond donors (Lipinski definition) is 4. The highest BCUT2D eigenvalue weighted by Crippen LogP contribution is 2.31. The minimum absolute atomic E-state index is 0.0452. The summed E-state index contributed by atoms with van der Waals surface area (Å²) >= 11 is 0. The van der Waals surface area contributed by atoms with Crippen molar-refractivity contribution in [3.8, 4) is 0 Å². The fraction of sp³-hybridized carbons (Fsp3) is 0.733. The SMILES string of the molecule is O=C(O)CN1CCC(NC(=O)[C@H]2CC[C@@H](C(=O)O)C2)CC1.O=CO. The summed E-state index contributed by atoms with van der Waals surface area (Å²) < 4.78 is 0. The molecule has 136 valence electrons. The zero-order valence-electron chi connectivity index (χ0n) is 13.4. The lowest BCUT2D eigenvalue weighted by Gasteiger charge is -2.31. The molecular weight excluding hydrogens is 320 g/mol. The monoisotopic (exact) mass is 344 g/mol. The van der Waals surface area contributed by atoms with E-state index in [1.807, 2.05) is 4.90 Å². The van der Waals surface area contributed by atoms with E-state index in [1.54, 1.807) is 0 Å². The molecule has 0 aromatic carbocycles. The number of rotatable bonds is 5. The van der Waals surface area contributed by atoms with Crippen molar-refractivity contribution >= 4 is 24.3 Å². The predicted molar refractivity (Wildman–Crippen MR) is 82.4 cm³/mol. The third kappa shape index (κ3) is 6.53. The van der Waals surface area contributed by atoms with Gasteiger partial charge in [0, 0.05) is 25.0 Å². The van der Waals surface area contributed by atoms with E-state index in [4.69, 9.17) is 20.1 Å². The van der Waals surface area contributed by atoms with Crippen molar-refractivity contribution in [3.63, 3.8) is 0 Å². The van der Waals surface area contributed by atoms with E-state index in [2.05, 4.69) is 5.32 Å². The van der Waals surface area contributed by atoms with Crippen LogP contribution in [0.25, 0.3) is 0 Å². The third-order valence-corrected chi connectivity index (χ3v) is 4.45. The molecule has 9 heteroatoms. The lowest BCUT2D eigenvalue weighted by Crippen LogP contribution is -2.47. The molecule has 0 radical (unpaired) electrons. The van der Waals surface area contributed by atoms with Gasteiger partial charge in [-0.3, -0.25) is 24.1 Å². The van der Waals surface area contributed by atoms with Crippen LogP contribution in [0.2, 0.25) is 0 Å². The van der Waals surface area contributed by atoms with Gasteiger partial charge < -0.3 is 20.6 Å². The smallest absolute Gasteiger partial charge is 0.317 e. The Kier molecular flexibility index (Phi) is 8.17. The second-order valence-corrected chi connectivity index (χ2v) is 6.10. The Morgan fingerprint density at radius 2 is 1.58 bits per heavy atom. The van der Waals surface area contributed by atoms with Gasteiger partial charge in [0.2, 0.25) is 5.91 Å². The fourth-order valence-corrected chi connectivity index (χ4v) is 3.19. The fourth-order valence-electron chi connectivity index (χ4n) is 3.19. The van der Waals surface area contributed by atoms with E-state index in [0.717, 1.165) is 12.8 Å². The van der Waals surface area contributed by atoms with E-state index < -0.39 is 17.9 Å². The second kappa shape index (κ2) is 9.86. The van der Waals surface area contributed by atoms with Gasteiger partial charge >= 0.3 is 11.9 Å². The summed E-state index contributed by atoms with van der Waals surface area (Å²) in [5.41, 5.74) is 0. The second-order valence-electron chi connectivity index (χ2n) is 6.10. The third-order valence-electron chi connectivity index (χ3n) is 4.45. The van der Waals surface area contributed by atoms with Crippen LogP contribution in [0.4, 0.5) is 0 Å². The van der Waals surface area contributed by atoms with E-state index in [-0.39, 0.29) is 30.9 Å². The van der Waals surface area contributed by atoms with Crippen LogP contribution in [0.3, 0.4) is 0 Å². The maximum Gasteiger partial charge on any atom is 0.317 e. The van der Waals surface area contributed by atoms with Gasteiger partial charge in [-0.25, -0.2) is 0 Å². The molecule has 0 spiro atoms. The maximum absolute atomic E-state index is 12.1. The minimum atomic E-state index is -0.830. The highest BCUT2D eigenvalue weighted by atomic mass is 16.4. The molecule has 0 aromatic rings. The van der Waals surface area contributed by atoms with Gasteiger partial charge in [-0.05, 0) is 32.1 Å². The molecule has 1 aliphatic heterocycles. The molecule has 1 aliphatic carbocycles. The zero-order valence-corrected chi connectivity index (χ0v) is 13.4. The van der Waals surface area contributed by atoms with Crippen LogP contribution in [-0.4, -0.2) is 70.2 Å². The summed E-state index contributed by atoms with van der Waals surface area (Å²) in [6.07, 6.45) is 3.13. The lowest BCUT2D eigenvalue weighted by atomic mass is 10.0. The van der Waals surface area contributed by atoms with Gasteiger partial charge in [0.1, 0.15) is 0 Å². The van der Waals surface area contributed by atoms with E-state index in [0.29, 0.717) is 32.4 Å². The average Bonchev–Trinajstić information content (AvgIpc) is 3.00. The van der Waals surface area contributed by atoms with Crippen LogP contribution in [0, 0.1) is 11.8 Å². The first-order valence-corrected chi connectivity index (χ1v) is 7.92. The quantitative estimate of drug-likeness (QED) is 0.504. The highest BCUT2D eigenvalue weighted by molar-refractivity contribution is 5.81. The number of piperidine rings is 1. The van der Waals surface area contributed by atoms with E-state index in [1.165, 1.54) is 0 Å². The molecule has 1 saturated carbocycles. The summed E-state index contributed by atoms with van der Waals surface area (Å²) in [7, 11) is 0. The molecule has 0 bridgehead atoms. The molecule has 0 aromatic heterocycles. The van der Waals surface area contributed by atoms with Crippen LogP contribution < -0.4 is 5.32 Å². The van der Waals surface area contributed by atoms with Crippen molar-refractivity contribution in [1.29, 1.82) is 0 Å². The Bertz CT molecular complexity index is 461. The zero-order chi connectivity index (χ0) is 18.1. The first-order chi connectivity index (χ1) is 11.4. The number of carbonyl (C=O) groups excluding carboxylic acids is 1. The van der Waals surface area contributed by atoms with Crippen molar-refractivity contribution in [2.75, 3.05) is 19.6 Å². The van der Waals surface area contributed by atoms with Gasteiger partial charge in [0.05, 0.1) is 12.5 Å². The van der Waals surface area contributed by atoms with Crippen LogP contribution in [0.5, 0.6) is 0 Å². The first kappa shape index (κ1) is 19.9. The number of carboxylic acids is 2. The minimum Gasteiger partial charge on any atom is -0.483 e. The Balaban J connectivity index is 0.000000891. The van der Waals surface area contributed by atoms with Crippen molar-refractivity contribution < 1.29 is 34.5 Å². The van der Waals surface area contributed by atoms with E-state index >= 15 is 0 Å². The summed E-state index contributed by atoms with van der Waals surface area (Å²) in [6, 6.07) is 0.0754. The molecule has 2 atom stereocenters. The number of nitrogens with zero attached hydrogens (tertiary/aromatic N) is 1. The predicted octanol–water partition coefficient (Wildman–Crippen LogP) is -0.147. The van der Waals surface area contributed by atoms with Crippen LogP contribution in [0.15, 0.2) is 0 Å². The van der Waals surface area contributed by atoms with Gasteiger partial charge in [-0.2, -0.15) is 0 Å². The summed E-state index contributed by atoms with van der Waals surface area (Å²) in [4.78, 5) is 43.9. The maximum atomic E-state index is 12.1. The molecule has 1 saturated heterocycles. The molecule has 1 heterocycles. The Morgan fingerprint density at radius 3 is 2.04 bits per heavy atom. The summed E-state index contributed by atoms with van der Waals surface area (Å²) in [6.45, 7) is 1.13. The van der Waals surface area contributed by atoms with E-state index in [9.17, 15) is 14.4 Å². The first-order valence-electron chi connectivity index (χ1n) is 7.92. The summed E-state index contributed by atoms with van der Waals surface area (Å²) in [5.74, 6) is -2.27. The number of aliphatic carboxylic acids is 2. The largest absolute Gasteiger partial charge is 0.483 e. The Morgan fingerprint density at radius 1 is 1.04 bits per heavy atom. The number of carbonyl (C=O) groups is 4. The van der Waals surface area contributed by atoms with Gasteiger partial charge in [-0.15, -0.1) is 0 Å². The van der Waals surface area contributed by atoms with Gasteiger partial charge in [-0.1, -0.05) is 0 Å². The molecule has 4 N–H and O–H groups in total. The molecule has 2 fully saturated rings. The highest BCUT2D eigenvalue weighted by Gasteiger charge is 2.34. The van der Waals surface area contributed by atoms with Gasteiger partial charge in [0.25, 0.3) is 6.47 Å². The molecule has 24 heavy (non-hydrogen) atoms. The normalized spacial score (nSPS) is 24.5. The lowest BCUT2D eigenvalue weighted by molar-refractivity contribution is -0.142. The number of hydrogen-bond acceptors (Lipinski definition) is 5. The number of carboxylic acid groups (broad SMARTS) is 3.